The van der Waals surface area contributed by atoms with Crippen LogP contribution in [0.15, 0.2) is 30.8 Å². The molecule has 6 heteroatoms. The zero-order chi connectivity index (χ0) is 16.7. The van der Waals surface area contributed by atoms with E-state index in [1.807, 2.05) is 26.0 Å². The van der Waals surface area contributed by atoms with Crippen LogP contribution in [0, 0.1) is 13.8 Å². The van der Waals surface area contributed by atoms with E-state index < -0.39 is 6.04 Å². The summed E-state index contributed by atoms with van der Waals surface area (Å²) in [6, 6.07) is 6.59. The van der Waals surface area contributed by atoms with E-state index >= 15 is 0 Å². The number of anilines is 1. The van der Waals surface area contributed by atoms with Gasteiger partial charge in [-0.3, -0.25) is 14.5 Å². The molecule has 1 atom stereocenters. The van der Waals surface area contributed by atoms with Gasteiger partial charge in [0.25, 0.3) is 5.91 Å². The maximum absolute atomic E-state index is 12.5. The second kappa shape index (κ2) is 5.62. The van der Waals surface area contributed by atoms with Gasteiger partial charge < -0.3 is 5.32 Å². The van der Waals surface area contributed by atoms with Gasteiger partial charge in [0.2, 0.25) is 5.91 Å². The lowest BCUT2D eigenvalue weighted by molar-refractivity contribution is -0.119. The number of benzene rings is 1. The third-order valence-corrected chi connectivity index (χ3v) is 4.99. The number of aryl methyl sites for hydroxylation is 2. The molecule has 1 aromatic heterocycles. The summed E-state index contributed by atoms with van der Waals surface area (Å²) in [5, 5.41) is 3.33. The largest absolute Gasteiger partial charge is 0.300 e. The topological polar surface area (TPSA) is 62.3 Å². The molecule has 0 bridgehead atoms. The normalized spacial score (nSPS) is 14.8. The van der Waals surface area contributed by atoms with E-state index in [9.17, 15) is 9.59 Å². The molecule has 0 spiro atoms. The van der Waals surface area contributed by atoms with Gasteiger partial charge in [-0.15, -0.1) is 11.3 Å². The van der Waals surface area contributed by atoms with Crippen LogP contribution in [0.4, 0.5) is 5.13 Å². The fourth-order valence-electron chi connectivity index (χ4n) is 2.57. The predicted molar refractivity (Wildman–Crippen MR) is 91.3 cm³/mol. The highest BCUT2D eigenvalue weighted by molar-refractivity contribution is 7.15. The van der Waals surface area contributed by atoms with Crippen molar-refractivity contribution in [1.82, 2.24) is 9.88 Å². The van der Waals surface area contributed by atoms with Gasteiger partial charge in [-0.25, -0.2) is 4.98 Å². The molecule has 5 nitrogen and oxygen atoms in total. The van der Waals surface area contributed by atoms with Gasteiger partial charge in [0.15, 0.2) is 5.13 Å². The average molecular weight is 327 g/mol. The average Bonchev–Trinajstić information content (AvgIpc) is 2.97. The van der Waals surface area contributed by atoms with Gasteiger partial charge in [0, 0.05) is 21.7 Å². The quantitative estimate of drug-likeness (QED) is 0.941. The number of hydrogen-bond donors (Lipinski definition) is 1. The van der Waals surface area contributed by atoms with Crippen molar-refractivity contribution >= 4 is 34.0 Å². The molecule has 0 aliphatic carbocycles. The van der Waals surface area contributed by atoms with Crippen molar-refractivity contribution in [3.63, 3.8) is 0 Å². The molecule has 118 valence electrons. The lowest BCUT2D eigenvalue weighted by Crippen LogP contribution is -2.41. The maximum atomic E-state index is 12.5. The van der Waals surface area contributed by atoms with Crippen molar-refractivity contribution in [3.8, 4) is 0 Å². The number of carbonyl (C=O) groups is 2. The number of nitrogens with one attached hydrogen (secondary N) is 1. The summed E-state index contributed by atoms with van der Waals surface area (Å²) in [7, 11) is 0. The highest BCUT2D eigenvalue weighted by Gasteiger charge is 2.36. The summed E-state index contributed by atoms with van der Waals surface area (Å²) >= 11 is 1.42. The Labute approximate surface area is 138 Å². The third kappa shape index (κ3) is 2.55. The standard InChI is InChI=1S/C17H17N3O2S/c1-9-12(4)23-17(18-9)19-15(21)11(3)20-10(2)13-7-5-6-8-14(13)16(20)22/h5-8,11H,2H2,1,3-4H3,(H,18,19,21)/t11-/m0/s1. The van der Waals surface area contributed by atoms with E-state index in [1.165, 1.54) is 16.2 Å². The number of rotatable bonds is 3. The Balaban J connectivity index is 1.81. The van der Waals surface area contributed by atoms with Gasteiger partial charge in [0.05, 0.1) is 5.69 Å². The SMILES string of the molecule is C=C1c2ccccc2C(=O)N1[C@@H](C)C(=O)Nc1nc(C)c(C)s1. The van der Waals surface area contributed by atoms with E-state index in [0.29, 0.717) is 16.4 Å². The molecule has 2 heterocycles. The smallest absolute Gasteiger partial charge is 0.259 e. The first-order chi connectivity index (χ1) is 10.9. The third-order valence-electron chi connectivity index (χ3n) is 4.00. The molecule has 2 aromatic rings. The molecular formula is C17H17N3O2S. The van der Waals surface area contributed by atoms with Crippen LogP contribution in [-0.2, 0) is 4.79 Å². The predicted octanol–water partition coefficient (Wildman–Crippen LogP) is 3.21. The zero-order valence-electron chi connectivity index (χ0n) is 13.2. The first-order valence-electron chi connectivity index (χ1n) is 7.27. The summed E-state index contributed by atoms with van der Waals surface area (Å²) in [4.78, 5) is 31.8. The number of hydrogen-bond acceptors (Lipinski definition) is 4. The van der Waals surface area contributed by atoms with Crippen molar-refractivity contribution < 1.29 is 9.59 Å². The van der Waals surface area contributed by atoms with E-state index in [2.05, 4.69) is 16.9 Å². The summed E-state index contributed by atoms with van der Waals surface area (Å²) in [6.07, 6.45) is 0. The Hall–Kier alpha value is -2.47. The Morgan fingerprint density at radius 3 is 2.52 bits per heavy atom. The number of fused-ring (bicyclic) bond motifs is 1. The van der Waals surface area contributed by atoms with Crippen LogP contribution >= 0.6 is 11.3 Å². The highest BCUT2D eigenvalue weighted by atomic mass is 32.1. The lowest BCUT2D eigenvalue weighted by atomic mass is 10.1. The molecular weight excluding hydrogens is 310 g/mol. The van der Waals surface area contributed by atoms with Crippen molar-refractivity contribution in [2.24, 2.45) is 0 Å². The Morgan fingerprint density at radius 1 is 1.30 bits per heavy atom. The molecule has 1 aromatic carbocycles. The van der Waals surface area contributed by atoms with Crippen molar-refractivity contribution in [2.75, 3.05) is 5.32 Å². The Kier molecular flexibility index (Phi) is 3.77. The van der Waals surface area contributed by atoms with Crippen LogP contribution in [-0.4, -0.2) is 27.7 Å². The fraction of sp³-hybridized carbons (Fsp3) is 0.235. The molecule has 1 N–H and O–H groups in total. The van der Waals surface area contributed by atoms with Crippen LogP contribution in [0.25, 0.3) is 5.70 Å². The van der Waals surface area contributed by atoms with E-state index in [4.69, 9.17) is 0 Å². The highest BCUT2D eigenvalue weighted by Crippen LogP contribution is 2.33. The van der Waals surface area contributed by atoms with Crippen molar-refractivity contribution in [3.05, 3.63) is 52.5 Å². The molecule has 23 heavy (non-hydrogen) atoms. The number of amides is 2. The van der Waals surface area contributed by atoms with Gasteiger partial charge in [-0.05, 0) is 26.8 Å². The van der Waals surface area contributed by atoms with E-state index in [1.54, 1.807) is 19.1 Å². The van der Waals surface area contributed by atoms with Crippen LogP contribution in [0.2, 0.25) is 0 Å². The summed E-state index contributed by atoms with van der Waals surface area (Å²) < 4.78 is 0. The molecule has 1 aliphatic heterocycles. The zero-order valence-corrected chi connectivity index (χ0v) is 14.0. The molecule has 0 radical (unpaired) electrons. The molecule has 0 unspecified atom stereocenters. The second-order valence-electron chi connectivity index (χ2n) is 5.49. The number of thiazole rings is 1. The fourth-order valence-corrected chi connectivity index (χ4v) is 3.38. The van der Waals surface area contributed by atoms with E-state index in [0.717, 1.165) is 16.1 Å². The van der Waals surface area contributed by atoms with Crippen molar-refractivity contribution in [1.29, 1.82) is 0 Å². The summed E-state index contributed by atoms with van der Waals surface area (Å²) in [6.45, 7) is 9.51. The minimum atomic E-state index is -0.660. The van der Waals surface area contributed by atoms with Gasteiger partial charge in [-0.1, -0.05) is 24.8 Å². The lowest BCUT2D eigenvalue weighted by Gasteiger charge is -2.24. The minimum Gasteiger partial charge on any atom is -0.300 e. The second-order valence-corrected chi connectivity index (χ2v) is 6.70. The van der Waals surface area contributed by atoms with Crippen molar-refractivity contribution in [2.45, 2.75) is 26.8 Å². The minimum absolute atomic E-state index is 0.195. The monoisotopic (exact) mass is 327 g/mol. The first kappa shape index (κ1) is 15.4. The molecule has 0 saturated heterocycles. The number of carbonyl (C=O) groups excluding carboxylic acids is 2. The Bertz CT molecular complexity index is 770. The van der Waals surface area contributed by atoms with Gasteiger partial charge >= 0.3 is 0 Å². The van der Waals surface area contributed by atoms with Gasteiger partial charge in [0.1, 0.15) is 6.04 Å². The molecule has 1 aliphatic rings. The van der Waals surface area contributed by atoms with Gasteiger partial charge in [-0.2, -0.15) is 0 Å². The van der Waals surface area contributed by atoms with Crippen LogP contribution in [0.5, 0.6) is 0 Å². The van der Waals surface area contributed by atoms with E-state index in [-0.39, 0.29) is 11.8 Å². The maximum Gasteiger partial charge on any atom is 0.259 e. The summed E-state index contributed by atoms with van der Waals surface area (Å²) in [5.41, 5.74) is 2.81. The number of aromatic nitrogens is 1. The van der Waals surface area contributed by atoms with Crippen LogP contribution < -0.4 is 5.32 Å². The Morgan fingerprint density at radius 2 is 1.96 bits per heavy atom. The molecule has 0 saturated carbocycles. The molecule has 2 amide bonds. The summed E-state index contributed by atoms with van der Waals surface area (Å²) in [5.74, 6) is -0.471. The molecule has 0 fully saturated rings. The van der Waals surface area contributed by atoms with Crippen LogP contribution in [0.1, 0.15) is 33.4 Å². The molecule has 3 rings (SSSR count). The van der Waals surface area contributed by atoms with Crippen LogP contribution in [0.3, 0.4) is 0 Å². The first-order valence-corrected chi connectivity index (χ1v) is 8.08. The number of nitrogens with zero attached hydrogens (tertiary/aromatic N) is 2.